The van der Waals surface area contributed by atoms with Gasteiger partial charge in [-0.3, -0.25) is 4.79 Å². The summed E-state index contributed by atoms with van der Waals surface area (Å²) >= 11 is 0. The van der Waals surface area contributed by atoms with Gasteiger partial charge in [-0.2, -0.15) is 0 Å². The first-order chi connectivity index (χ1) is 10.1. The lowest BCUT2D eigenvalue weighted by Crippen LogP contribution is -2.52. The molecule has 2 unspecified atom stereocenters. The van der Waals surface area contributed by atoms with Gasteiger partial charge in [-0.15, -0.1) is 0 Å². The predicted molar refractivity (Wildman–Crippen MR) is 79.3 cm³/mol. The second-order valence-corrected chi connectivity index (χ2v) is 5.40. The van der Waals surface area contributed by atoms with Gasteiger partial charge in [0.2, 0.25) is 5.91 Å². The topological polar surface area (TPSA) is 59.0 Å². The maximum absolute atomic E-state index is 12.3. The van der Waals surface area contributed by atoms with Crippen LogP contribution in [0.3, 0.4) is 0 Å². The molecule has 1 amide bonds. The van der Waals surface area contributed by atoms with E-state index in [4.69, 9.17) is 14.6 Å². The molecule has 1 aromatic rings. The second-order valence-electron chi connectivity index (χ2n) is 5.40. The van der Waals surface area contributed by atoms with Crippen LogP contribution in [-0.4, -0.2) is 54.4 Å². The van der Waals surface area contributed by atoms with E-state index >= 15 is 0 Å². The lowest BCUT2D eigenvalue weighted by atomic mass is 10.2. The molecule has 0 aliphatic carbocycles. The number of aliphatic hydroxyl groups excluding tert-OH is 1. The van der Waals surface area contributed by atoms with Crippen molar-refractivity contribution in [3.05, 3.63) is 29.8 Å². The minimum atomic E-state index is -0.276. The van der Waals surface area contributed by atoms with Crippen LogP contribution in [0.25, 0.3) is 0 Å². The van der Waals surface area contributed by atoms with Gasteiger partial charge in [0, 0.05) is 6.54 Å². The highest BCUT2D eigenvalue weighted by molar-refractivity contribution is 5.76. The summed E-state index contributed by atoms with van der Waals surface area (Å²) in [5.41, 5.74) is 1.06. The molecule has 0 radical (unpaired) electrons. The van der Waals surface area contributed by atoms with E-state index in [1.165, 1.54) is 0 Å². The van der Waals surface area contributed by atoms with Crippen LogP contribution in [0, 0.1) is 6.92 Å². The quantitative estimate of drug-likeness (QED) is 0.891. The Kier molecular flexibility index (Phi) is 5.59. The van der Waals surface area contributed by atoms with Crippen LogP contribution in [0.15, 0.2) is 24.3 Å². The van der Waals surface area contributed by atoms with Crippen molar-refractivity contribution in [2.75, 3.05) is 26.4 Å². The van der Waals surface area contributed by atoms with Crippen LogP contribution >= 0.6 is 0 Å². The SMILES string of the molecule is Cc1ccccc1OCCC(=O)N1CC(CO)OCC1C. The van der Waals surface area contributed by atoms with E-state index < -0.39 is 0 Å². The van der Waals surface area contributed by atoms with E-state index in [2.05, 4.69) is 0 Å². The first kappa shape index (κ1) is 15.8. The molecular formula is C16H23NO4. The lowest BCUT2D eigenvalue weighted by molar-refractivity contribution is -0.146. The number of morpholine rings is 1. The zero-order chi connectivity index (χ0) is 15.2. The smallest absolute Gasteiger partial charge is 0.226 e. The Morgan fingerprint density at radius 3 is 2.95 bits per heavy atom. The zero-order valence-electron chi connectivity index (χ0n) is 12.6. The number of aliphatic hydroxyl groups is 1. The Morgan fingerprint density at radius 2 is 2.24 bits per heavy atom. The van der Waals surface area contributed by atoms with Gasteiger partial charge in [-0.05, 0) is 25.5 Å². The number of amides is 1. The fraction of sp³-hybridized carbons (Fsp3) is 0.562. The molecule has 1 aliphatic rings. The molecule has 1 aromatic carbocycles. The molecule has 1 saturated heterocycles. The number of para-hydroxylation sites is 1. The third-order valence-corrected chi connectivity index (χ3v) is 3.70. The van der Waals surface area contributed by atoms with Crippen molar-refractivity contribution >= 4 is 5.91 Å². The minimum Gasteiger partial charge on any atom is -0.493 e. The molecule has 0 aromatic heterocycles. The Morgan fingerprint density at radius 1 is 1.48 bits per heavy atom. The molecule has 21 heavy (non-hydrogen) atoms. The highest BCUT2D eigenvalue weighted by atomic mass is 16.5. The molecule has 5 heteroatoms. The lowest BCUT2D eigenvalue weighted by Gasteiger charge is -2.37. The van der Waals surface area contributed by atoms with Crippen molar-refractivity contribution in [3.8, 4) is 5.75 Å². The summed E-state index contributed by atoms with van der Waals surface area (Å²) < 4.78 is 11.1. The van der Waals surface area contributed by atoms with Crippen LogP contribution in [-0.2, 0) is 9.53 Å². The van der Waals surface area contributed by atoms with Gasteiger partial charge < -0.3 is 19.5 Å². The van der Waals surface area contributed by atoms with Crippen molar-refractivity contribution in [1.29, 1.82) is 0 Å². The molecule has 0 saturated carbocycles. The summed E-state index contributed by atoms with van der Waals surface area (Å²) in [5.74, 6) is 0.853. The maximum atomic E-state index is 12.3. The Hall–Kier alpha value is -1.59. The number of aryl methyl sites for hydroxylation is 1. The van der Waals surface area contributed by atoms with E-state index in [9.17, 15) is 4.79 Å². The first-order valence-electron chi connectivity index (χ1n) is 7.32. The summed E-state index contributed by atoms with van der Waals surface area (Å²) in [6, 6.07) is 7.79. The van der Waals surface area contributed by atoms with Gasteiger partial charge >= 0.3 is 0 Å². The number of hydrogen-bond acceptors (Lipinski definition) is 4. The van der Waals surface area contributed by atoms with E-state index in [1.54, 1.807) is 4.90 Å². The number of hydrogen-bond donors (Lipinski definition) is 1. The monoisotopic (exact) mass is 293 g/mol. The Bertz CT molecular complexity index is 477. The number of nitrogens with zero attached hydrogens (tertiary/aromatic N) is 1. The number of rotatable bonds is 5. The van der Waals surface area contributed by atoms with Crippen LogP contribution in [0.5, 0.6) is 5.75 Å². The normalized spacial score (nSPS) is 22.1. The molecule has 116 valence electrons. The standard InChI is InChI=1S/C16H23NO4/c1-12-5-3-4-6-15(12)20-8-7-16(19)17-9-14(10-18)21-11-13(17)2/h3-6,13-14,18H,7-11H2,1-2H3. The summed E-state index contributed by atoms with van der Waals surface area (Å²) in [4.78, 5) is 14.0. The van der Waals surface area contributed by atoms with Gasteiger partial charge in [0.15, 0.2) is 0 Å². The van der Waals surface area contributed by atoms with E-state index in [0.29, 0.717) is 26.2 Å². The predicted octanol–water partition coefficient (Wildman–Crippen LogP) is 1.37. The summed E-state index contributed by atoms with van der Waals surface area (Å²) in [6.07, 6.45) is 0.0547. The first-order valence-corrected chi connectivity index (χ1v) is 7.32. The molecule has 1 heterocycles. The van der Waals surface area contributed by atoms with Crippen molar-refractivity contribution in [1.82, 2.24) is 4.90 Å². The Balaban J connectivity index is 1.82. The molecule has 2 atom stereocenters. The van der Waals surface area contributed by atoms with Crippen molar-refractivity contribution in [2.45, 2.75) is 32.4 Å². The molecule has 0 bridgehead atoms. The van der Waals surface area contributed by atoms with Crippen LogP contribution in [0.4, 0.5) is 0 Å². The van der Waals surface area contributed by atoms with Crippen LogP contribution in [0.1, 0.15) is 18.9 Å². The van der Waals surface area contributed by atoms with Crippen molar-refractivity contribution < 1.29 is 19.4 Å². The Labute approximate surface area is 125 Å². The molecule has 0 spiro atoms. The molecule has 1 N–H and O–H groups in total. The van der Waals surface area contributed by atoms with Crippen molar-refractivity contribution in [2.24, 2.45) is 0 Å². The fourth-order valence-electron chi connectivity index (χ4n) is 2.39. The van der Waals surface area contributed by atoms with Gasteiger partial charge in [0.25, 0.3) is 0 Å². The van der Waals surface area contributed by atoms with Crippen LogP contribution < -0.4 is 4.74 Å². The fourth-order valence-corrected chi connectivity index (χ4v) is 2.39. The summed E-state index contributed by atoms with van der Waals surface area (Å²) in [5, 5.41) is 9.14. The third kappa shape index (κ3) is 4.19. The largest absolute Gasteiger partial charge is 0.493 e. The highest BCUT2D eigenvalue weighted by Crippen LogP contribution is 2.17. The zero-order valence-corrected chi connectivity index (χ0v) is 12.6. The van der Waals surface area contributed by atoms with Gasteiger partial charge in [0.1, 0.15) is 5.75 Å². The highest BCUT2D eigenvalue weighted by Gasteiger charge is 2.28. The molecule has 2 rings (SSSR count). The third-order valence-electron chi connectivity index (χ3n) is 3.70. The molecule has 5 nitrogen and oxygen atoms in total. The van der Waals surface area contributed by atoms with Crippen LogP contribution in [0.2, 0.25) is 0 Å². The number of benzene rings is 1. The molecule has 1 fully saturated rings. The average Bonchev–Trinajstić information content (AvgIpc) is 2.49. The van der Waals surface area contributed by atoms with E-state index in [-0.39, 0.29) is 24.7 Å². The molecule has 1 aliphatic heterocycles. The number of carbonyl (C=O) groups is 1. The molecular weight excluding hydrogens is 270 g/mol. The minimum absolute atomic E-state index is 0.0397. The van der Waals surface area contributed by atoms with E-state index in [1.807, 2.05) is 38.1 Å². The van der Waals surface area contributed by atoms with E-state index in [0.717, 1.165) is 11.3 Å². The number of carbonyl (C=O) groups excluding carboxylic acids is 1. The van der Waals surface area contributed by atoms with Gasteiger partial charge in [-0.25, -0.2) is 0 Å². The van der Waals surface area contributed by atoms with Gasteiger partial charge in [0.05, 0.1) is 38.4 Å². The maximum Gasteiger partial charge on any atom is 0.226 e. The van der Waals surface area contributed by atoms with Crippen molar-refractivity contribution in [3.63, 3.8) is 0 Å². The second kappa shape index (κ2) is 7.43. The number of ether oxygens (including phenoxy) is 2. The average molecular weight is 293 g/mol. The summed E-state index contributed by atoms with van der Waals surface area (Å²) in [6.45, 7) is 5.14. The summed E-state index contributed by atoms with van der Waals surface area (Å²) in [7, 11) is 0. The van der Waals surface area contributed by atoms with Gasteiger partial charge in [-0.1, -0.05) is 18.2 Å².